The number of aliphatic hydroxyl groups is 1. The van der Waals surface area contributed by atoms with E-state index in [-0.39, 0.29) is 29.9 Å². The van der Waals surface area contributed by atoms with Gasteiger partial charge in [-0.3, -0.25) is 4.79 Å². The second-order valence-electron chi connectivity index (χ2n) is 5.01. The average Bonchev–Trinajstić information content (AvgIpc) is 2.35. The highest BCUT2D eigenvalue weighted by molar-refractivity contribution is 8.00. The van der Waals surface area contributed by atoms with E-state index in [4.69, 9.17) is 0 Å². The molecule has 0 radical (unpaired) electrons. The van der Waals surface area contributed by atoms with Gasteiger partial charge in [-0.15, -0.1) is 11.8 Å². The number of carbonyl (C=O) groups is 1. The molecule has 0 spiro atoms. The Morgan fingerprint density at radius 1 is 1.47 bits per heavy atom. The van der Waals surface area contributed by atoms with Crippen LogP contribution in [0.2, 0.25) is 0 Å². The van der Waals surface area contributed by atoms with Gasteiger partial charge in [-0.05, 0) is 25.0 Å². The quantitative estimate of drug-likeness (QED) is 0.789. The minimum absolute atomic E-state index is 0.0482. The molecular weight excluding hydrogens is 265 g/mol. The number of hydrogen-bond acceptors (Lipinski definition) is 3. The maximum atomic E-state index is 13.3. The lowest BCUT2D eigenvalue weighted by Gasteiger charge is -2.27. The van der Waals surface area contributed by atoms with Crippen LogP contribution in [0.5, 0.6) is 0 Å². The fourth-order valence-electron chi connectivity index (χ4n) is 1.24. The van der Waals surface area contributed by atoms with Crippen LogP contribution < -0.4 is 5.32 Å². The first kappa shape index (κ1) is 16.0. The molecule has 0 fully saturated rings. The summed E-state index contributed by atoms with van der Waals surface area (Å²) in [4.78, 5) is 12.1. The largest absolute Gasteiger partial charge is 0.388 e. The highest BCUT2D eigenvalue weighted by Crippen LogP contribution is 2.21. The Labute approximate surface area is 117 Å². The zero-order valence-electron chi connectivity index (χ0n) is 11.4. The molecule has 19 heavy (non-hydrogen) atoms. The van der Waals surface area contributed by atoms with Gasteiger partial charge in [0.25, 0.3) is 0 Å². The van der Waals surface area contributed by atoms with Crippen molar-refractivity contribution in [2.75, 3.05) is 12.3 Å². The number of benzene rings is 1. The second-order valence-corrected chi connectivity index (χ2v) is 6.02. The summed E-state index contributed by atoms with van der Waals surface area (Å²) in [5, 5.41) is 12.7. The Kier molecular flexibility index (Phi) is 5.82. The third-order valence-electron chi connectivity index (χ3n) is 3.08. The van der Waals surface area contributed by atoms with E-state index in [9.17, 15) is 14.3 Å². The van der Waals surface area contributed by atoms with E-state index in [0.717, 1.165) is 11.8 Å². The molecule has 5 heteroatoms. The van der Waals surface area contributed by atoms with Gasteiger partial charge in [0.2, 0.25) is 5.91 Å². The maximum absolute atomic E-state index is 13.3. The minimum atomic E-state index is -0.932. The van der Waals surface area contributed by atoms with Gasteiger partial charge in [0.1, 0.15) is 5.82 Å². The molecule has 0 aliphatic carbocycles. The summed E-state index contributed by atoms with van der Waals surface area (Å²) in [5.41, 5.74) is -0.932. The fourth-order valence-corrected chi connectivity index (χ4v) is 2.01. The van der Waals surface area contributed by atoms with Crippen LogP contribution in [0.15, 0.2) is 29.2 Å². The van der Waals surface area contributed by atoms with Crippen molar-refractivity contribution in [3.05, 3.63) is 30.1 Å². The average molecular weight is 285 g/mol. The topological polar surface area (TPSA) is 49.3 Å². The Hall–Kier alpha value is -1.07. The molecule has 1 unspecified atom stereocenters. The molecule has 106 valence electrons. The molecule has 2 N–H and O–H groups in total. The van der Waals surface area contributed by atoms with Crippen molar-refractivity contribution in [1.29, 1.82) is 0 Å². The molecule has 1 atom stereocenters. The van der Waals surface area contributed by atoms with Crippen LogP contribution in [0.1, 0.15) is 20.8 Å². The predicted molar refractivity (Wildman–Crippen MR) is 75.6 cm³/mol. The molecule has 1 aromatic rings. The first-order valence-electron chi connectivity index (χ1n) is 6.19. The Morgan fingerprint density at radius 3 is 2.68 bits per heavy atom. The van der Waals surface area contributed by atoms with Gasteiger partial charge >= 0.3 is 0 Å². The summed E-state index contributed by atoms with van der Waals surface area (Å²) < 4.78 is 13.3. The maximum Gasteiger partial charge on any atom is 0.230 e. The smallest absolute Gasteiger partial charge is 0.230 e. The number of thioether (sulfide) groups is 1. The monoisotopic (exact) mass is 285 g/mol. The molecule has 0 heterocycles. The number of hydrogen-bond donors (Lipinski definition) is 2. The van der Waals surface area contributed by atoms with Gasteiger partial charge in [0, 0.05) is 11.4 Å². The van der Waals surface area contributed by atoms with E-state index < -0.39 is 5.60 Å². The fraction of sp³-hybridized carbons (Fsp3) is 0.500. The van der Waals surface area contributed by atoms with Crippen LogP contribution in [0.3, 0.4) is 0 Å². The van der Waals surface area contributed by atoms with Crippen LogP contribution in [-0.4, -0.2) is 28.9 Å². The lowest BCUT2D eigenvalue weighted by molar-refractivity contribution is -0.120. The van der Waals surface area contributed by atoms with Gasteiger partial charge in [-0.2, -0.15) is 0 Å². The van der Waals surface area contributed by atoms with E-state index in [0.29, 0.717) is 4.90 Å². The van der Waals surface area contributed by atoms with Crippen molar-refractivity contribution in [2.45, 2.75) is 31.3 Å². The van der Waals surface area contributed by atoms with E-state index in [1.54, 1.807) is 25.1 Å². The highest BCUT2D eigenvalue weighted by Gasteiger charge is 2.25. The summed E-state index contributed by atoms with van der Waals surface area (Å²) in [5.74, 6) is -0.356. The third-order valence-corrected chi connectivity index (χ3v) is 4.13. The van der Waals surface area contributed by atoms with Crippen molar-refractivity contribution >= 4 is 17.7 Å². The molecule has 0 bridgehead atoms. The SMILES string of the molecule is CC(C)C(C)(O)CNC(=O)CSc1ccccc1F. The van der Waals surface area contributed by atoms with Crippen LogP contribution in [-0.2, 0) is 4.79 Å². The number of rotatable bonds is 6. The summed E-state index contributed by atoms with van der Waals surface area (Å²) in [6.07, 6.45) is 0. The Balaban J connectivity index is 2.39. The molecule has 0 aliphatic rings. The summed E-state index contributed by atoms with van der Waals surface area (Å²) in [6.45, 7) is 5.66. The molecule has 0 aromatic heterocycles. The molecule has 0 saturated carbocycles. The zero-order valence-corrected chi connectivity index (χ0v) is 12.3. The van der Waals surface area contributed by atoms with Gasteiger partial charge in [-0.1, -0.05) is 26.0 Å². The number of nitrogens with one attached hydrogen (secondary N) is 1. The van der Waals surface area contributed by atoms with Crippen LogP contribution in [0.25, 0.3) is 0 Å². The predicted octanol–water partition coefficient (Wildman–Crippen LogP) is 2.44. The van der Waals surface area contributed by atoms with Crippen molar-refractivity contribution in [2.24, 2.45) is 5.92 Å². The molecule has 1 aromatic carbocycles. The molecule has 1 rings (SSSR count). The van der Waals surface area contributed by atoms with Gasteiger partial charge in [-0.25, -0.2) is 4.39 Å². The zero-order chi connectivity index (χ0) is 14.5. The molecule has 0 saturated heterocycles. The van der Waals surface area contributed by atoms with Crippen molar-refractivity contribution in [3.8, 4) is 0 Å². The standard InChI is InChI=1S/C14H20FNO2S/c1-10(2)14(3,18)9-16-13(17)8-19-12-7-5-4-6-11(12)15/h4-7,10,18H,8-9H2,1-3H3,(H,16,17). The summed E-state index contributed by atoms with van der Waals surface area (Å²) in [7, 11) is 0. The molecular formula is C14H20FNO2S. The summed E-state index contributed by atoms with van der Waals surface area (Å²) in [6, 6.07) is 6.34. The number of halogens is 1. The minimum Gasteiger partial charge on any atom is -0.388 e. The first-order valence-corrected chi connectivity index (χ1v) is 7.18. The van der Waals surface area contributed by atoms with Gasteiger partial charge in [0.15, 0.2) is 0 Å². The third kappa shape index (κ3) is 5.20. The number of amides is 1. The molecule has 3 nitrogen and oxygen atoms in total. The van der Waals surface area contributed by atoms with E-state index in [1.165, 1.54) is 6.07 Å². The van der Waals surface area contributed by atoms with Crippen LogP contribution in [0, 0.1) is 11.7 Å². The lowest BCUT2D eigenvalue weighted by Crippen LogP contribution is -2.44. The molecule has 1 amide bonds. The van der Waals surface area contributed by atoms with Crippen molar-refractivity contribution in [3.63, 3.8) is 0 Å². The van der Waals surface area contributed by atoms with Crippen LogP contribution >= 0.6 is 11.8 Å². The Bertz CT molecular complexity index is 435. The normalized spacial score (nSPS) is 14.2. The van der Waals surface area contributed by atoms with Crippen molar-refractivity contribution < 1.29 is 14.3 Å². The van der Waals surface area contributed by atoms with E-state index >= 15 is 0 Å². The molecule has 0 aliphatic heterocycles. The second kappa shape index (κ2) is 6.91. The van der Waals surface area contributed by atoms with E-state index in [1.807, 2.05) is 13.8 Å². The highest BCUT2D eigenvalue weighted by atomic mass is 32.2. The van der Waals surface area contributed by atoms with Gasteiger partial charge < -0.3 is 10.4 Å². The van der Waals surface area contributed by atoms with Crippen molar-refractivity contribution in [1.82, 2.24) is 5.32 Å². The van der Waals surface area contributed by atoms with Crippen LogP contribution in [0.4, 0.5) is 4.39 Å². The summed E-state index contributed by atoms with van der Waals surface area (Å²) >= 11 is 1.15. The number of carbonyl (C=O) groups excluding carboxylic acids is 1. The first-order chi connectivity index (χ1) is 8.83. The lowest BCUT2D eigenvalue weighted by atomic mass is 9.93. The van der Waals surface area contributed by atoms with Gasteiger partial charge in [0.05, 0.1) is 11.4 Å². The van der Waals surface area contributed by atoms with E-state index in [2.05, 4.69) is 5.32 Å². The Morgan fingerprint density at radius 2 is 2.11 bits per heavy atom.